The first kappa shape index (κ1) is 14.8. The standard InChI is InChI=1S/C12H23N3O3/c1-9-4-6-15(7-5-9)12(13)14-8-10(17-2)11(16)18-3/h9-10H,4-8H2,1-3H3,(H2,13,14). The number of piperidine rings is 1. The zero-order chi connectivity index (χ0) is 13.5. The van der Waals surface area contributed by atoms with Gasteiger partial charge in [-0.2, -0.15) is 0 Å². The van der Waals surface area contributed by atoms with Gasteiger partial charge in [0.1, 0.15) is 0 Å². The number of carbonyl (C=O) groups excluding carboxylic acids is 1. The lowest BCUT2D eigenvalue weighted by Crippen LogP contribution is -2.43. The SMILES string of the molecule is COC(=O)C(CN=C(N)N1CCC(C)CC1)OC. The Balaban J connectivity index is 2.47. The van der Waals surface area contributed by atoms with Crippen LogP contribution in [-0.2, 0) is 14.3 Å². The number of nitrogens with two attached hydrogens (primary N) is 1. The highest BCUT2D eigenvalue weighted by Crippen LogP contribution is 2.15. The molecule has 1 aliphatic heterocycles. The Labute approximate surface area is 108 Å². The van der Waals surface area contributed by atoms with Crippen molar-refractivity contribution in [1.29, 1.82) is 0 Å². The van der Waals surface area contributed by atoms with Gasteiger partial charge in [-0.1, -0.05) is 6.92 Å². The molecule has 1 rings (SSSR count). The first-order valence-electron chi connectivity index (χ1n) is 6.24. The van der Waals surface area contributed by atoms with Crippen molar-refractivity contribution in [3.05, 3.63) is 0 Å². The third kappa shape index (κ3) is 4.18. The van der Waals surface area contributed by atoms with Crippen LogP contribution < -0.4 is 5.73 Å². The summed E-state index contributed by atoms with van der Waals surface area (Å²) >= 11 is 0. The number of aliphatic imine (C=N–C) groups is 1. The number of likely N-dealkylation sites (tertiary alicyclic amines) is 1. The van der Waals surface area contributed by atoms with E-state index in [0.717, 1.165) is 31.8 Å². The average molecular weight is 257 g/mol. The van der Waals surface area contributed by atoms with Gasteiger partial charge >= 0.3 is 5.97 Å². The van der Waals surface area contributed by atoms with Crippen LogP contribution in [0.1, 0.15) is 19.8 Å². The molecule has 0 spiro atoms. The summed E-state index contributed by atoms with van der Waals surface area (Å²) in [5.74, 6) is 0.796. The second-order valence-electron chi connectivity index (χ2n) is 4.62. The number of hydrogen-bond acceptors (Lipinski definition) is 4. The molecule has 104 valence electrons. The Kier molecular flexibility index (Phi) is 5.91. The van der Waals surface area contributed by atoms with E-state index in [1.165, 1.54) is 14.2 Å². The highest BCUT2D eigenvalue weighted by molar-refractivity contribution is 5.79. The number of methoxy groups -OCH3 is 2. The molecule has 0 aliphatic carbocycles. The van der Waals surface area contributed by atoms with Crippen molar-refractivity contribution in [2.75, 3.05) is 33.9 Å². The van der Waals surface area contributed by atoms with Crippen molar-refractivity contribution < 1.29 is 14.3 Å². The van der Waals surface area contributed by atoms with Gasteiger partial charge in [-0.3, -0.25) is 0 Å². The summed E-state index contributed by atoms with van der Waals surface area (Å²) in [5.41, 5.74) is 5.91. The van der Waals surface area contributed by atoms with Gasteiger partial charge in [-0.25, -0.2) is 9.79 Å². The average Bonchev–Trinajstić information content (AvgIpc) is 2.39. The number of hydrogen-bond donors (Lipinski definition) is 1. The highest BCUT2D eigenvalue weighted by atomic mass is 16.6. The first-order chi connectivity index (χ1) is 8.58. The molecule has 1 aliphatic rings. The fourth-order valence-corrected chi connectivity index (χ4v) is 1.89. The molecular formula is C12H23N3O3. The molecular weight excluding hydrogens is 234 g/mol. The second-order valence-corrected chi connectivity index (χ2v) is 4.62. The minimum Gasteiger partial charge on any atom is -0.467 e. The van der Waals surface area contributed by atoms with Gasteiger partial charge < -0.3 is 20.1 Å². The summed E-state index contributed by atoms with van der Waals surface area (Å²) in [5, 5.41) is 0. The van der Waals surface area contributed by atoms with Crippen molar-refractivity contribution in [2.45, 2.75) is 25.9 Å². The normalized spacial score (nSPS) is 19.7. The van der Waals surface area contributed by atoms with Crippen molar-refractivity contribution >= 4 is 11.9 Å². The van der Waals surface area contributed by atoms with Crippen LogP contribution in [0.25, 0.3) is 0 Å². The largest absolute Gasteiger partial charge is 0.467 e. The van der Waals surface area contributed by atoms with E-state index in [2.05, 4.69) is 16.7 Å². The number of esters is 1. The quantitative estimate of drug-likeness (QED) is 0.443. The minimum absolute atomic E-state index is 0.195. The van der Waals surface area contributed by atoms with E-state index >= 15 is 0 Å². The molecule has 0 saturated carbocycles. The predicted octanol–water partition coefficient (Wildman–Crippen LogP) is 0.221. The molecule has 0 aromatic heterocycles. The van der Waals surface area contributed by atoms with E-state index < -0.39 is 12.1 Å². The van der Waals surface area contributed by atoms with Crippen LogP contribution in [-0.4, -0.2) is 56.8 Å². The molecule has 1 unspecified atom stereocenters. The zero-order valence-electron chi connectivity index (χ0n) is 11.4. The van der Waals surface area contributed by atoms with Crippen molar-refractivity contribution in [3.63, 3.8) is 0 Å². The van der Waals surface area contributed by atoms with Gasteiger partial charge in [0.15, 0.2) is 12.1 Å². The Bertz CT molecular complexity index is 299. The number of rotatable bonds is 4. The summed E-state index contributed by atoms with van der Waals surface area (Å²) in [6.07, 6.45) is 1.57. The maximum Gasteiger partial charge on any atom is 0.336 e. The summed E-state index contributed by atoms with van der Waals surface area (Å²) in [6, 6.07) is 0. The molecule has 1 atom stereocenters. The third-order valence-electron chi connectivity index (χ3n) is 3.28. The van der Waals surface area contributed by atoms with Crippen LogP contribution in [0.3, 0.4) is 0 Å². The Morgan fingerprint density at radius 3 is 2.56 bits per heavy atom. The second kappa shape index (κ2) is 7.20. The molecule has 0 bridgehead atoms. The molecule has 0 aromatic carbocycles. The minimum atomic E-state index is -0.683. The van der Waals surface area contributed by atoms with E-state index in [9.17, 15) is 4.79 Å². The number of ether oxygens (including phenoxy) is 2. The zero-order valence-corrected chi connectivity index (χ0v) is 11.4. The van der Waals surface area contributed by atoms with Crippen LogP contribution in [0, 0.1) is 5.92 Å². The van der Waals surface area contributed by atoms with Crippen LogP contribution >= 0.6 is 0 Å². The molecule has 1 heterocycles. The summed E-state index contributed by atoms with van der Waals surface area (Å²) < 4.78 is 9.61. The Morgan fingerprint density at radius 2 is 2.06 bits per heavy atom. The smallest absolute Gasteiger partial charge is 0.336 e. The van der Waals surface area contributed by atoms with Gasteiger partial charge in [0.2, 0.25) is 0 Å². The number of nitrogens with zero attached hydrogens (tertiary/aromatic N) is 2. The highest BCUT2D eigenvalue weighted by Gasteiger charge is 2.20. The van der Waals surface area contributed by atoms with Crippen LogP contribution in [0.4, 0.5) is 0 Å². The lowest BCUT2D eigenvalue weighted by molar-refractivity contribution is -0.151. The van der Waals surface area contributed by atoms with Crippen molar-refractivity contribution in [3.8, 4) is 0 Å². The third-order valence-corrected chi connectivity index (χ3v) is 3.28. The Morgan fingerprint density at radius 1 is 1.44 bits per heavy atom. The van der Waals surface area contributed by atoms with Crippen molar-refractivity contribution in [2.24, 2.45) is 16.6 Å². The van der Waals surface area contributed by atoms with E-state index in [1.807, 2.05) is 4.90 Å². The van der Waals surface area contributed by atoms with E-state index in [0.29, 0.717) is 5.96 Å². The predicted molar refractivity (Wildman–Crippen MR) is 69.3 cm³/mol. The maximum absolute atomic E-state index is 11.3. The van der Waals surface area contributed by atoms with E-state index in [1.54, 1.807) is 0 Å². The van der Waals surface area contributed by atoms with Gasteiger partial charge in [-0.15, -0.1) is 0 Å². The van der Waals surface area contributed by atoms with E-state index in [4.69, 9.17) is 10.5 Å². The molecule has 18 heavy (non-hydrogen) atoms. The van der Waals surface area contributed by atoms with E-state index in [-0.39, 0.29) is 6.54 Å². The fraction of sp³-hybridized carbons (Fsp3) is 0.833. The van der Waals surface area contributed by atoms with Crippen LogP contribution in [0.2, 0.25) is 0 Å². The van der Waals surface area contributed by atoms with Crippen LogP contribution in [0.15, 0.2) is 4.99 Å². The van der Waals surface area contributed by atoms with Gasteiger partial charge in [0, 0.05) is 20.2 Å². The summed E-state index contributed by atoms with van der Waals surface area (Å²) in [4.78, 5) is 17.6. The van der Waals surface area contributed by atoms with Gasteiger partial charge in [0.05, 0.1) is 13.7 Å². The summed E-state index contributed by atoms with van der Waals surface area (Å²) in [7, 11) is 2.78. The molecule has 2 N–H and O–H groups in total. The van der Waals surface area contributed by atoms with Crippen LogP contribution in [0.5, 0.6) is 0 Å². The molecule has 0 radical (unpaired) electrons. The lowest BCUT2D eigenvalue weighted by Gasteiger charge is -2.31. The topological polar surface area (TPSA) is 77.1 Å². The molecule has 0 aromatic rings. The molecule has 6 heteroatoms. The van der Waals surface area contributed by atoms with Gasteiger partial charge in [0.25, 0.3) is 0 Å². The fourth-order valence-electron chi connectivity index (χ4n) is 1.89. The Hall–Kier alpha value is -1.30. The van der Waals surface area contributed by atoms with Gasteiger partial charge in [-0.05, 0) is 18.8 Å². The monoisotopic (exact) mass is 257 g/mol. The molecule has 0 amide bonds. The molecule has 1 fully saturated rings. The van der Waals surface area contributed by atoms with Crippen molar-refractivity contribution in [1.82, 2.24) is 4.90 Å². The number of carbonyl (C=O) groups is 1. The first-order valence-corrected chi connectivity index (χ1v) is 6.24. The maximum atomic E-state index is 11.3. The summed E-state index contributed by atoms with van der Waals surface area (Å²) in [6.45, 7) is 4.28. The molecule has 6 nitrogen and oxygen atoms in total. The number of guanidine groups is 1. The lowest BCUT2D eigenvalue weighted by atomic mass is 10.00. The molecule has 1 saturated heterocycles.